The van der Waals surface area contributed by atoms with Crippen LogP contribution in [0.2, 0.25) is 5.02 Å². The van der Waals surface area contributed by atoms with E-state index in [1.165, 1.54) is 6.07 Å². The third-order valence-corrected chi connectivity index (χ3v) is 4.65. The van der Waals surface area contributed by atoms with Gasteiger partial charge in [-0.1, -0.05) is 11.6 Å². The number of hydrogen-bond donors (Lipinski definition) is 0. The van der Waals surface area contributed by atoms with Crippen LogP contribution in [-0.2, 0) is 6.42 Å². The summed E-state index contributed by atoms with van der Waals surface area (Å²) in [6.07, 6.45) is 2.81. The Morgan fingerprint density at radius 1 is 1.33 bits per heavy atom. The van der Waals surface area contributed by atoms with E-state index in [2.05, 4.69) is 21.5 Å². The molecule has 3 rings (SSSR count). The van der Waals surface area contributed by atoms with Crippen LogP contribution in [0.5, 0.6) is 0 Å². The van der Waals surface area contributed by atoms with E-state index in [1.807, 2.05) is 0 Å². The van der Waals surface area contributed by atoms with Crippen LogP contribution in [0.25, 0.3) is 11.0 Å². The maximum atomic E-state index is 13.7. The lowest BCUT2D eigenvalue weighted by Gasteiger charge is -2.31. The van der Waals surface area contributed by atoms with Crippen LogP contribution in [0.3, 0.4) is 0 Å². The summed E-state index contributed by atoms with van der Waals surface area (Å²) in [6.45, 7) is 2.11. The third kappa shape index (κ3) is 2.89. The Hall–Kier alpha value is -0.840. The van der Waals surface area contributed by atoms with Crippen molar-refractivity contribution in [3.8, 4) is 0 Å². The van der Waals surface area contributed by atoms with Gasteiger partial charge in [-0.3, -0.25) is 0 Å². The van der Waals surface area contributed by atoms with Gasteiger partial charge in [0.1, 0.15) is 11.6 Å². The number of piperidine rings is 1. The van der Waals surface area contributed by atoms with Gasteiger partial charge in [-0.2, -0.15) is 0 Å². The van der Waals surface area contributed by atoms with Crippen LogP contribution in [0.4, 0.5) is 4.39 Å². The first-order chi connectivity index (χ1) is 10.1. The van der Waals surface area contributed by atoms with Crippen molar-refractivity contribution in [3.05, 3.63) is 28.8 Å². The quantitative estimate of drug-likeness (QED) is 0.797. The Balaban J connectivity index is 2.09. The lowest BCUT2D eigenvalue weighted by Crippen LogP contribution is -2.32. The molecule has 0 saturated carbocycles. The lowest BCUT2D eigenvalue weighted by molar-refractivity contribution is 0.221. The summed E-state index contributed by atoms with van der Waals surface area (Å²) in [4.78, 5) is 6.89. The first-order valence-corrected chi connectivity index (χ1v) is 8.11. The number of halogens is 3. The second-order valence-electron chi connectivity index (χ2n) is 5.63. The van der Waals surface area contributed by atoms with E-state index >= 15 is 0 Å². The van der Waals surface area contributed by atoms with Gasteiger partial charge < -0.3 is 9.47 Å². The van der Waals surface area contributed by atoms with Gasteiger partial charge in [0.05, 0.1) is 16.1 Å². The van der Waals surface area contributed by atoms with Gasteiger partial charge in [0.2, 0.25) is 0 Å². The van der Waals surface area contributed by atoms with Crippen LogP contribution in [0.1, 0.15) is 24.7 Å². The molecule has 21 heavy (non-hydrogen) atoms. The standard InChI is InChI=1S/C15H18Cl2FN3/c1-20-6-3-10(4-7-20)21-14-8-11(17)12(18)9-13(14)19-15(21)2-5-16/h8-10H,2-7H2,1H3. The monoisotopic (exact) mass is 329 g/mol. The van der Waals surface area contributed by atoms with Gasteiger partial charge in [0.15, 0.2) is 0 Å². The summed E-state index contributed by atoms with van der Waals surface area (Å²) < 4.78 is 15.9. The Kier molecular flexibility index (Phi) is 4.38. The topological polar surface area (TPSA) is 21.1 Å². The first kappa shape index (κ1) is 15.1. The highest BCUT2D eigenvalue weighted by Crippen LogP contribution is 2.31. The summed E-state index contributed by atoms with van der Waals surface area (Å²) in [6, 6.07) is 3.49. The third-order valence-electron chi connectivity index (χ3n) is 4.18. The number of imidazole rings is 1. The summed E-state index contributed by atoms with van der Waals surface area (Å²) in [5.74, 6) is 1.01. The van der Waals surface area contributed by atoms with E-state index in [9.17, 15) is 4.39 Å². The number of likely N-dealkylation sites (tertiary alicyclic amines) is 1. The molecule has 1 fully saturated rings. The van der Waals surface area contributed by atoms with Crippen molar-refractivity contribution in [2.24, 2.45) is 0 Å². The van der Waals surface area contributed by atoms with Crippen molar-refractivity contribution in [1.29, 1.82) is 0 Å². The molecule has 0 bridgehead atoms. The van der Waals surface area contributed by atoms with Gasteiger partial charge in [-0.25, -0.2) is 9.37 Å². The second-order valence-corrected chi connectivity index (χ2v) is 6.41. The molecule has 2 heterocycles. The molecule has 114 valence electrons. The SMILES string of the molecule is CN1CCC(n2c(CCCl)nc3cc(F)c(Cl)cc32)CC1. The van der Waals surface area contributed by atoms with Crippen molar-refractivity contribution >= 4 is 34.2 Å². The van der Waals surface area contributed by atoms with Gasteiger partial charge in [0.25, 0.3) is 0 Å². The fraction of sp³-hybridized carbons (Fsp3) is 0.533. The molecule has 1 aliphatic heterocycles. The number of benzene rings is 1. The van der Waals surface area contributed by atoms with E-state index in [-0.39, 0.29) is 5.02 Å². The van der Waals surface area contributed by atoms with Crippen LogP contribution in [0, 0.1) is 5.82 Å². The Morgan fingerprint density at radius 2 is 2.05 bits per heavy atom. The molecule has 0 spiro atoms. The van der Waals surface area contributed by atoms with Crippen LogP contribution in [0.15, 0.2) is 12.1 Å². The summed E-state index contributed by atoms with van der Waals surface area (Å²) in [5, 5.41) is 0.147. The average Bonchev–Trinajstić information content (AvgIpc) is 2.78. The van der Waals surface area contributed by atoms with Crippen molar-refractivity contribution in [2.75, 3.05) is 26.0 Å². The molecule has 3 nitrogen and oxygen atoms in total. The van der Waals surface area contributed by atoms with E-state index in [1.54, 1.807) is 6.07 Å². The number of aryl methyl sites for hydroxylation is 1. The van der Waals surface area contributed by atoms with E-state index < -0.39 is 5.82 Å². The van der Waals surface area contributed by atoms with Crippen LogP contribution < -0.4 is 0 Å². The molecule has 2 aromatic rings. The van der Waals surface area contributed by atoms with Gasteiger partial charge >= 0.3 is 0 Å². The minimum atomic E-state index is -0.422. The molecule has 0 N–H and O–H groups in total. The fourth-order valence-electron chi connectivity index (χ4n) is 3.06. The molecule has 0 amide bonds. The van der Waals surface area contributed by atoms with E-state index in [0.717, 1.165) is 37.3 Å². The Labute approximate surface area is 133 Å². The predicted octanol–water partition coefficient (Wildman–Crippen LogP) is 3.88. The number of hydrogen-bond acceptors (Lipinski definition) is 2. The van der Waals surface area contributed by atoms with Crippen molar-refractivity contribution in [3.63, 3.8) is 0 Å². The fourth-order valence-corrected chi connectivity index (χ4v) is 3.39. The molecule has 6 heteroatoms. The van der Waals surface area contributed by atoms with E-state index in [4.69, 9.17) is 23.2 Å². The minimum absolute atomic E-state index is 0.147. The second kappa shape index (κ2) is 6.11. The molecular weight excluding hydrogens is 312 g/mol. The van der Waals surface area contributed by atoms with E-state index in [0.29, 0.717) is 23.9 Å². The molecule has 0 aliphatic carbocycles. The minimum Gasteiger partial charge on any atom is -0.325 e. The van der Waals surface area contributed by atoms with Crippen molar-refractivity contribution in [2.45, 2.75) is 25.3 Å². The summed E-state index contributed by atoms with van der Waals surface area (Å²) in [5.41, 5.74) is 1.58. The zero-order chi connectivity index (χ0) is 15.0. The number of nitrogens with zero attached hydrogens (tertiary/aromatic N) is 3. The van der Waals surface area contributed by atoms with Gasteiger partial charge in [-0.15, -0.1) is 11.6 Å². The zero-order valence-electron chi connectivity index (χ0n) is 12.0. The smallest absolute Gasteiger partial charge is 0.144 e. The highest BCUT2D eigenvalue weighted by molar-refractivity contribution is 6.31. The van der Waals surface area contributed by atoms with Gasteiger partial charge in [0, 0.05) is 24.4 Å². The number of fused-ring (bicyclic) bond motifs is 1. The first-order valence-electron chi connectivity index (χ1n) is 7.20. The highest BCUT2D eigenvalue weighted by Gasteiger charge is 2.23. The average molecular weight is 330 g/mol. The predicted molar refractivity (Wildman–Crippen MR) is 84.9 cm³/mol. The molecule has 0 atom stereocenters. The molecule has 1 aromatic carbocycles. The molecule has 0 radical (unpaired) electrons. The highest BCUT2D eigenvalue weighted by atomic mass is 35.5. The molecule has 1 aromatic heterocycles. The maximum Gasteiger partial charge on any atom is 0.144 e. The number of alkyl halides is 1. The van der Waals surface area contributed by atoms with Gasteiger partial charge in [-0.05, 0) is 39.0 Å². The lowest BCUT2D eigenvalue weighted by atomic mass is 10.0. The molecule has 1 aliphatic rings. The zero-order valence-corrected chi connectivity index (χ0v) is 13.5. The molecule has 0 unspecified atom stereocenters. The Bertz CT molecular complexity index is 648. The molecular formula is C15H18Cl2FN3. The van der Waals surface area contributed by atoms with Crippen LogP contribution >= 0.6 is 23.2 Å². The van der Waals surface area contributed by atoms with Crippen LogP contribution in [-0.4, -0.2) is 40.5 Å². The normalized spacial score (nSPS) is 17.7. The summed E-state index contributed by atoms with van der Waals surface area (Å²) in [7, 11) is 2.13. The van der Waals surface area contributed by atoms with Crippen molar-refractivity contribution in [1.82, 2.24) is 14.5 Å². The largest absolute Gasteiger partial charge is 0.325 e. The molecule has 1 saturated heterocycles. The summed E-state index contributed by atoms with van der Waals surface area (Å²) >= 11 is 11.9. The number of rotatable bonds is 3. The number of aromatic nitrogens is 2. The maximum absolute atomic E-state index is 13.7. The Morgan fingerprint density at radius 3 is 2.71 bits per heavy atom. The van der Waals surface area contributed by atoms with Crippen molar-refractivity contribution < 1.29 is 4.39 Å².